The maximum absolute atomic E-state index is 5.96. The van der Waals surface area contributed by atoms with Crippen LogP contribution >= 0.6 is 46.3 Å². The summed E-state index contributed by atoms with van der Waals surface area (Å²) < 4.78 is 14.1. The van der Waals surface area contributed by atoms with Crippen LogP contribution in [0.1, 0.15) is 0 Å². The van der Waals surface area contributed by atoms with Gasteiger partial charge in [0, 0.05) is 16.6 Å². The minimum Gasteiger partial charge on any atom is -0.466 e. The molecule has 2 aromatic rings. The lowest BCUT2D eigenvalue weighted by molar-refractivity contribution is 0.378. The fourth-order valence-corrected chi connectivity index (χ4v) is 2.44. The van der Waals surface area contributed by atoms with E-state index in [2.05, 4.69) is 9.36 Å². The fourth-order valence-electron chi connectivity index (χ4n) is 1.04. The number of benzene rings is 1. The van der Waals surface area contributed by atoms with Gasteiger partial charge >= 0.3 is 11.2 Å². The van der Waals surface area contributed by atoms with Crippen LogP contribution in [0.3, 0.4) is 0 Å². The summed E-state index contributed by atoms with van der Waals surface area (Å²) in [6, 6.07) is 3.29. The minimum absolute atomic E-state index is 0.228. The molecule has 2 rings (SSSR count). The molecule has 0 saturated heterocycles. The first kappa shape index (κ1) is 12.7. The van der Waals surface area contributed by atoms with Crippen molar-refractivity contribution in [3.05, 3.63) is 27.2 Å². The van der Waals surface area contributed by atoms with Crippen LogP contribution < -0.4 is 9.47 Å². The van der Waals surface area contributed by atoms with Crippen molar-refractivity contribution in [1.82, 2.24) is 9.36 Å². The number of hydrogen-bond donors (Lipinski definition) is 0. The fraction of sp³-hybridized carbons (Fsp3) is 0.111. The molecule has 0 atom stereocenters. The zero-order valence-electron chi connectivity index (χ0n) is 8.41. The Labute approximate surface area is 116 Å². The molecule has 0 N–H and O–H groups in total. The predicted molar refractivity (Wildman–Crippen MR) is 68.0 cm³/mol. The van der Waals surface area contributed by atoms with Gasteiger partial charge in [-0.2, -0.15) is 0 Å². The number of methoxy groups -OCH3 is 1. The van der Waals surface area contributed by atoms with Crippen molar-refractivity contribution in [2.24, 2.45) is 0 Å². The van der Waals surface area contributed by atoms with Crippen molar-refractivity contribution in [2.75, 3.05) is 7.11 Å². The summed E-state index contributed by atoms with van der Waals surface area (Å²) >= 11 is 18.7. The van der Waals surface area contributed by atoms with Crippen molar-refractivity contribution in [1.29, 1.82) is 0 Å². The number of rotatable bonds is 3. The summed E-state index contributed by atoms with van der Waals surface area (Å²) in [6.07, 6.45) is 0. The standard InChI is InChI=1S/C9H5Cl3N2O2S/c1-15-8-13-9(17-14-8)16-7-5(11)2-4(10)3-6(7)12/h2-3H,1H3. The zero-order chi connectivity index (χ0) is 12.4. The zero-order valence-corrected chi connectivity index (χ0v) is 11.5. The van der Waals surface area contributed by atoms with E-state index in [1.54, 1.807) is 0 Å². The summed E-state index contributed by atoms with van der Waals surface area (Å²) in [6.45, 7) is 0. The van der Waals surface area contributed by atoms with E-state index in [1.165, 1.54) is 19.2 Å². The van der Waals surface area contributed by atoms with Gasteiger partial charge in [0.05, 0.1) is 17.2 Å². The molecule has 0 fully saturated rings. The molecular formula is C9H5Cl3N2O2S. The second kappa shape index (κ2) is 5.27. The van der Waals surface area contributed by atoms with Crippen LogP contribution in [-0.4, -0.2) is 16.5 Å². The number of ether oxygens (including phenoxy) is 2. The molecule has 0 amide bonds. The van der Waals surface area contributed by atoms with E-state index in [-0.39, 0.29) is 17.0 Å². The Morgan fingerprint density at radius 1 is 1.18 bits per heavy atom. The van der Waals surface area contributed by atoms with Gasteiger partial charge in [0.1, 0.15) is 0 Å². The van der Waals surface area contributed by atoms with E-state index in [4.69, 9.17) is 44.3 Å². The van der Waals surface area contributed by atoms with Crippen molar-refractivity contribution in [3.63, 3.8) is 0 Å². The maximum Gasteiger partial charge on any atom is 0.331 e. The van der Waals surface area contributed by atoms with Crippen molar-refractivity contribution in [2.45, 2.75) is 0 Å². The molecule has 0 aliphatic heterocycles. The number of hydrogen-bond acceptors (Lipinski definition) is 5. The van der Waals surface area contributed by atoms with Crippen LogP contribution in [0, 0.1) is 0 Å². The number of halogens is 3. The Balaban J connectivity index is 2.29. The molecule has 0 bridgehead atoms. The van der Waals surface area contributed by atoms with Crippen LogP contribution in [0.15, 0.2) is 12.1 Å². The average molecular weight is 312 g/mol. The van der Waals surface area contributed by atoms with Crippen LogP contribution in [0.2, 0.25) is 15.1 Å². The van der Waals surface area contributed by atoms with Gasteiger partial charge in [-0.3, -0.25) is 0 Å². The van der Waals surface area contributed by atoms with Crippen LogP contribution in [0.4, 0.5) is 0 Å². The molecule has 0 aliphatic rings. The number of aromatic nitrogens is 2. The van der Waals surface area contributed by atoms with Gasteiger partial charge in [-0.15, -0.1) is 9.36 Å². The van der Waals surface area contributed by atoms with E-state index in [1.807, 2.05) is 0 Å². The van der Waals surface area contributed by atoms with Crippen LogP contribution in [-0.2, 0) is 0 Å². The van der Waals surface area contributed by atoms with Gasteiger partial charge in [0.15, 0.2) is 5.75 Å². The molecule has 1 aromatic heterocycles. The Hall–Kier alpha value is -0.750. The van der Waals surface area contributed by atoms with Crippen molar-refractivity contribution < 1.29 is 9.47 Å². The summed E-state index contributed by atoms with van der Waals surface area (Å²) in [5.41, 5.74) is 0. The first-order valence-corrected chi connectivity index (χ1v) is 6.21. The molecule has 1 heterocycles. The third-order valence-corrected chi connectivity index (χ3v) is 3.08. The Kier molecular flexibility index (Phi) is 3.93. The highest BCUT2D eigenvalue weighted by atomic mass is 35.5. The monoisotopic (exact) mass is 310 g/mol. The average Bonchev–Trinajstić information content (AvgIpc) is 2.71. The van der Waals surface area contributed by atoms with Gasteiger partial charge in [0.2, 0.25) is 0 Å². The second-order valence-corrected chi connectivity index (χ2v) is 4.81. The van der Waals surface area contributed by atoms with E-state index < -0.39 is 0 Å². The third kappa shape index (κ3) is 2.93. The molecule has 4 nitrogen and oxygen atoms in total. The highest BCUT2D eigenvalue weighted by Gasteiger charge is 2.13. The molecule has 90 valence electrons. The minimum atomic E-state index is 0.228. The lowest BCUT2D eigenvalue weighted by atomic mass is 10.3. The van der Waals surface area contributed by atoms with Gasteiger partial charge in [-0.05, 0) is 12.1 Å². The van der Waals surface area contributed by atoms with Gasteiger partial charge in [-0.25, -0.2) is 0 Å². The summed E-state index contributed by atoms with van der Waals surface area (Å²) in [7, 11) is 1.47. The van der Waals surface area contributed by atoms with Crippen LogP contribution in [0.25, 0.3) is 0 Å². The van der Waals surface area contributed by atoms with E-state index in [9.17, 15) is 0 Å². The first-order valence-electron chi connectivity index (χ1n) is 4.30. The van der Waals surface area contributed by atoms with Crippen molar-refractivity contribution >= 4 is 46.3 Å². The lowest BCUT2D eigenvalue weighted by Gasteiger charge is -2.06. The van der Waals surface area contributed by atoms with Gasteiger partial charge in [-0.1, -0.05) is 34.8 Å². The predicted octanol–water partition coefficient (Wildman–Crippen LogP) is 4.30. The lowest BCUT2D eigenvalue weighted by Crippen LogP contribution is -1.87. The van der Waals surface area contributed by atoms with Gasteiger partial charge < -0.3 is 9.47 Å². The van der Waals surface area contributed by atoms with Gasteiger partial charge in [0.25, 0.3) is 0 Å². The Bertz CT molecular complexity index is 524. The summed E-state index contributed by atoms with van der Waals surface area (Å²) in [4.78, 5) is 3.94. The summed E-state index contributed by atoms with van der Waals surface area (Å²) in [5.74, 6) is 0.288. The second-order valence-electron chi connectivity index (χ2n) is 2.85. The van der Waals surface area contributed by atoms with E-state index in [0.717, 1.165) is 11.5 Å². The summed E-state index contributed by atoms with van der Waals surface area (Å²) in [5, 5.41) is 1.32. The third-order valence-electron chi connectivity index (χ3n) is 1.72. The number of nitrogens with zero attached hydrogens (tertiary/aromatic N) is 2. The molecule has 1 aromatic carbocycles. The van der Waals surface area contributed by atoms with E-state index >= 15 is 0 Å². The molecule has 0 saturated carbocycles. The largest absolute Gasteiger partial charge is 0.466 e. The highest BCUT2D eigenvalue weighted by molar-refractivity contribution is 7.07. The SMILES string of the molecule is COc1nsc(Oc2c(Cl)cc(Cl)cc2Cl)n1. The molecule has 17 heavy (non-hydrogen) atoms. The smallest absolute Gasteiger partial charge is 0.331 e. The van der Waals surface area contributed by atoms with Crippen molar-refractivity contribution in [3.8, 4) is 17.0 Å². The van der Waals surface area contributed by atoms with Crippen LogP contribution in [0.5, 0.6) is 17.0 Å². The molecule has 0 spiro atoms. The molecule has 0 aliphatic carbocycles. The Morgan fingerprint density at radius 2 is 1.82 bits per heavy atom. The van der Waals surface area contributed by atoms with E-state index in [0.29, 0.717) is 15.1 Å². The maximum atomic E-state index is 5.96. The normalized spacial score (nSPS) is 10.4. The molecule has 0 unspecified atom stereocenters. The topological polar surface area (TPSA) is 44.2 Å². The molecule has 0 radical (unpaired) electrons. The Morgan fingerprint density at radius 3 is 2.35 bits per heavy atom. The molecular weight excluding hydrogens is 307 g/mol. The highest BCUT2D eigenvalue weighted by Crippen LogP contribution is 2.39. The first-order chi connectivity index (χ1) is 8.10. The molecule has 8 heteroatoms. The quantitative estimate of drug-likeness (QED) is 0.847.